The van der Waals surface area contributed by atoms with Crippen LogP contribution in [0.4, 0.5) is 0 Å². The molecule has 0 atom stereocenters. The summed E-state index contributed by atoms with van der Waals surface area (Å²) < 4.78 is 32.4. The predicted molar refractivity (Wildman–Crippen MR) is 96.4 cm³/mol. The molecule has 0 aliphatic carbocycles. The fourth-order valence-electron chi connectivity index (χ4n) is 3.18. The number of carbonyl (C=O) groups is 2. The van der Waals surface area contributed by atoms with Crippen LogP contribution in [-0.4, -0.2) is 62.5 Å². The van der Waals surface area contributed by atoms with Crippen molar-refractivity contribution in [3.8, 4) is 0 Å². The van der Waals surface area contributed by atoms with Gasteiger partial charge in [-0.25, -0.2) is 0 Å². The monoisotopic (exact) mass is 428 g/mol. The van der Waals surface area contributed by atoms with E-state index in [0.29, 0.717) is 50.8 Å². The van der Waals surface area contributed by atoms with Gasteiger partial charge in [0.1, 0.15) is 11.1 Å². The molecule has 2 amide bonds. The lowest BCUT2D eigenvalue weighted by Crippen LogP contribution is -2.62. The van der Waals surface area contributed by atoms with E-state index in [2.05, 4.69) is 10.6 Å². The number of amides is 2. The lowest BCUT2D eigenvalue weighted by atomic mass is 10.0. The molecule has 0 radical (unpaired) electrons. The molecule has 2 N–H and O–H groups in total. The Balaban J connectivity index is 1.28. The van der Waals surface area contributed by atoms with E-state index in [1.54, 1.807) is 24.3 Å². The van der Waals surface area contributed by atoms with Crippen molar-refractivity contribution in [1.29, 1.82) is 0 Å². The van der Waals surface area contributed by atoms with Crippen LogP contribution in [0.25, 0.3) is 0 Å². The summed E-state index contributed by atoms with van der Waals surface area (Å²) >= 11 is 0. The summed E-state index contributed by atoms with van der Waals surface area (Å²) in [6.07, 6.45) is 0. The van der Waals surface area contributed by atoms with Gasteiger partial charge in [-0.1, -0.05) is 6.07 Å². The number of rotatable bonds is 4. The first-order valence-electron chi connectivity index (χ1n) is 8.68. The Hall–Kier alpha value is -1.22. The average Bonchev–Trinajstić information content (AvgIpc) is 2.76. The number of benzene rings is 1. The molecule has 0 spiro atoms. The maximum atomic E-state index is 12.7. The average molecular weight is 428 g/mol. The summed E-state index contributed by atoms with van der Waals surface area (Å²) in [6, 6.07) is 6.49. The highest BCUT2D eigenvalue weighted by atomic mass is 31.2. The molecule has 6 aliphatic rings. The van der Waals surface area contributed by atoms with Crippen molar-refractivity contribution in [2.45, 2.75) is 11.1 Å². The van der Waals surface area contributed by atoms with Gasteiger partial charge in [-0.3, -0.25) is 9.59 Å². The second kappa shape index (κ2) is 7.23. The zero-order valence-electron chi connectivity index (χ0n) is 14.7. The zero-order valence-corrected chi connectivity index (χ0v) is 16.5. The number of hydrogen-bond donors (Lipinski definition) is 2. The molecule has 28 heavy (non-hydrogen) atoms. The molecule has 150 valence electrons. The van der Waals surface area contributed by atoms with Gasteiger partial charge in [0, 0.05) is 11.1 Å². The summed E-state index contributed by atoms with van der Waals surface area (Å²) in [5, 5.41) is 5.83. The Kier molecular flexibility index (Phi) is 4.85. The standard InChI is InChI=1S/C16H18N2O8P2/c19-13(17-15-5-21-27(22-6-15)23-7-15)11-2-1-3-12(4-11)14(20)18-16-8-24-28(25-9-16)26-10-16/h1-4H,5-10H2,(H,17,19)(H,18,20). The number of fused-ring (bicyclic) bond motifs is 6. The third kappa shape index (κ3) is 3.56. The fourth-order valence-corrected chi connectivity index (χ4v) is 5.74. The first-order chi connectivity index (χ1) is 13.5. The van der Waals surface area contributed by atoms with E-state index in [9.17, 15) is 9.59 Å². The Bertz CT molecular complexity index is 704. The van der Waals surface area contributed by atoms with Crippen LogP contribution in [0, 0.1) is 0 Å². The molecule has 12 heteroatoms. The smallest absolute Gasteiger partial charge is 0.332 e. The van der Waals surface area contributed by atoms with Crippen LogP contribution in [0.5, 0.6) is 0 Å². The van der Waals surface area contributed by atoms with Crippen molar-refractivity contribution in [3.05, 3.63) is 35.4 Å². The van der Waals surface area contributed by atoms with Crippen molar-refractivity contribution in [2.24, 2.45) is 0 Å². The van der Waals surface area contributed by atoms with Gasteiger partial charge < -0.3 is 37.8 Å². The second-order valence-electron chi connectivity index (χ2n) is 7.14. The van der Waals surface area contributed by atoms with Crippen molar-refractivity contribution >= 4 is 29.0 Å². The maximum Gasteiger partial charge on any atom is 0.332 e. The number of nitrogens with one attached hydrogen (secondary N) is 2. The van der Waals surface area contributed by atoms with E-state index < -0.39 is 28.3 Å². The number of hydrogen-bond acceptors (Lipinski definition) is 8. The second-order valence-corrected chi connectivity index (χ2v) is 9.58. The third-order valence-corrected chi connectivity index (χ3v) is 6.86. The summed E-state index contributed by atoms with van der Waals surface area (Å²) in [6.45, 7) is 2.06. The Morgan fingerprint density at radius 3 is 1.43 bits per heavy atom. The molecule has 6 aliphatic heterocycles. The highest BCUT2D eigenvalue weighted by molar-refractivity contribution is 7.42. The first kappa shape index (κ1) is 18.8. The van der Waals surface area contributed by atoms with Gasteiger partial charge in [-0.15, -0.1) is 0 Å². The SMILES string of the molecule is O=C(NC12COP(OC1)OC2)c1cccc(C(=O)NC23COP(OC2)OC3)c1. The molecule has 1 aromatic carbocycles. The normalized spacial score (nSPS) is 36.1. The number of carbonyl (C=O) groups excluding carboxylic acids is 2. The molecular weight excluding hydrogens is 410 g/mol. The van der Waals surface area contributed by atoms with Crippen molar-refractivity contribution in [1.82, 2.24) is 10.6 Å². The summed E-state index contributed by atoms with van der Waals surface area (Å²) in [5.74, 6) is -0.652. The minimum atomic E-state index is -1.27. The molecule has 6 fully saturated rings. The maximum absolute atomic E-state index is 12.7. The molecular formula is C16H18N2O8P2. The van der Waals surface area contributed by atoms with E-state index in [0.717, 1.165) is 0 Å². The van der Waals surface area contributed by atoms with E-state index in [1.807, 2.05) is 0 Å². The highest BCUT2D eigenvalue weighted by Gasteiger charge is 2.47. The molecule has 7 rings (SSSR count). The third-order valence-electron chi connectivity index (χ3n) is 4.82. The van der Waals surface area contributed by atoms with Gasteiger partial charge in [-0.2, -0.15) is 0 Å². The van der Waals surface area contributed by atoms with E-state index in [4.69, 9.17) is 27.1 Å². The van der Waals surface area contributed by atoms with Crippen LogP contribution in [0.3, 0.4) is 0 Å². The molecule has 0 unspecified atom stereocenters. The van der Waals surface area contributed by atoms with Gasteiger partial charge >= 0.3 is 17.2 Å². The van der Waals surface area contributed by atoms with Crippen LogP contribution in [0.1, 0.15) is 20.7 Å². The Morgan fingerprint density at radius 2 is 1.07 bits per heavy atom. The van der Waals surface area contributed by atoms with Crippen LogP contribution >= 0.6 is 17.2 Å². The molecule has 10 nitrogen and oxygen atoms in total. The van der Waals surface area contributed by atoms with Crippen LogP contribution in [-0.2, 0) is 27.1 Å². The van der Waals surface area contributed by atoms with Crippen molar-refractivity contribution < 1.29 is 36.7 Å². The minimum Gasteiger partial charge on any atom is -0.340 e. The summed E-state index contributed by atoms with van der Waals surface area (Å²) in [5.41, 5.74) is -0.699. The highest BCUT2D eigenvalue weighted by Crippen LogP contribution is 2.50. The van der Waals surface area contributed by atoms with Crippen LogP contribution in [0.15, 0.2) is 24.3 Å². The van der Waals surface area contributed by atoms with Gasteiger partial charge in [0.2, 0.25) is 0 Å². The van der Waals surface area contributed by atoms with E-state index >= 15 is 0 Å². The molecule has 0 saturated carbocycles. The van der Waals surface area contributed by atoms with Crippen LogP contribution < -0.4 is 10.6 Å². The first-order valence-corrected chi connectivity index (χ1v) is 10.9. The zero-order chi connectivity index (χ0) is 19.2. The summed E-state index contributed by atoms with van der Waals surface area (Å²) in [4.78, 5) is 25.4. The Labute approximate surface area is 163 Å². The fraction of sp³-hybridized carbons (Fsp3) is 0.500. The van der Waals surface area contributed by atoms with Gasteiger partial charge in [-0.05, 0) is 18.2 Å². The van der Waals surface area contributed by atoms with Crippen molar-refractivity contribution in [2.75, 3.05) is 39.6 Å². The quantitative estimate of drug-likeness (QED) is 0.689. The Morgan fingerprint density at radius 1 is 0.714 bits per heavy atom. The predicted octanol–water partition coefficient (Wildman–Crippen LogP) is 1.23. The van der Waals surface area contributed by atoms with Crippen LogP contribution in [0.2, 0.25) is 0 Å². The molecule has 4 bridgehead atoms. The molecule has 1 aromatic rings. The van der Waals surface area contributed by atoms with Crippen molar-refractivity contribution in [3.63, 3.8) is 0 Å². The van der Waals surface area contributed by atoms with E-state index in [-0.39, 0.29) is 11.8 Å². The lowest BCUT2D eigenvalue weighted by Gasteiger charge is -2.44. The van der Waals surface area contributed by atoms with Gasteiger partial charge in [0.15, 0.2) is 0 Å². The molecule has 6 saturated heterocycles. The lowest BCUT2D eigenvalue weighted by molar-refractivity contribution is -0.0370. The van der Waals surface area contributed by atoms with Gasteiger partial charge in [0.05, 0.1) is 39.6 Å². The molecule has 6 heterocycles. The van der Waals surface area contributed by atoms with E-state index in [1.165, 1.54) is 0 Å². The molecule has 0 aromatic heterocycles. The van der Waals surface area contributed by atoms with Gasteiger partial charge in [0.25, 0.3) is 11.8 Å². The topological polar surface area (TPSA) is 114 Å². The largest absolute Gasteiger partial charge is 0.340 e. The summed E-state index contributed by atoms with van der Waals surface area (Å²) in [7, 11) is -2.55. The minimum absolute atomic E-state index is 0.326.